The maximum absolute atomic E-state index is 12.1. The van der Waals surface area contributed by atoms with Gasteiger partial charge < -0.3 is 4.90 Å². The average molecular weight is 323 g/mol. The zero-order valence-corrected chi connectivity index (χ0v) is 12.7. The number of nitrogens with zero attached hydrogens (tertiary/aromatic N) is 2. The quantitative estimate of drug-likeness (QED) is 0.616. The van der Waals surface area contributed by atoms with Gasteiger partial charge in [-0.2, -0.15) is 11.8 Å². The number of rotatable bonds is 5. The second kappa shape index (κ2) is 6.98. The standard InChI is InChI=1S/C11H12Cl2N2O3S/c1-14(3-4-19-2)11(16)7-5-8(12)10(13)9(6-7)15(17)18/h5-6H,3-4H2,1-2H3. The zero-order valence-electron chi connectivity index (χ0n) is 10.4. The van der Waals surface area contributed by atoms with Crippen molar-refractivity contribution in [3.8, 4) is 0 Å². The number of halogens is 2. The molecule has 0 radical (unpaired) electrons. The van der Waals surface area contributed by atoms with Gasteiger partial charge in [0, 0.05) is 31.0 Å². The normalized spacial score (nSPS) is 10.3. The highest BCUT2D eigenvalue weighted by Gasteiger charge is 2.21. The summed E-state index contributed by atoms with van der Waals surface area (Å²) in [6, 6.07) is 2.49. The Morgan fingerprint density at radius 3 is 2.63 bits per heavy atom. The maximum Gasteiger partial charge on any atom is 0.290 e. The average Bonchev–Trinajstić information content (AvgIpc) is 2.37. The van der Waals surface area contributed by atoms with Gasteiger partial charge in [-0.3, -0.25) is 14.9 Å². The predicted octanol–water partition coefficient (Wildman–Crippen LogP) is 3.34. The lowest BCUT2D eigenvalue weighted by Gasteiger charge is -2.16. The van der Waals surface area contributed by atoms with Gasteiger partial charge in [0.1, 0.15) is 5.02 Å². The number of hydrogen-bond acceptors (Lipinski definition) is 4. The highest BCUT2D eigenvalue weighted by atomic mass is 35.5. The smallest absolute Gasteiger partial charge is 0.290 e. The molecule has 1 amide bonds. The number of thioether (sulfide) groups is 1. The molecule has 0 unspecified atom stereocenters. The van der Waals surface area contributed by atoms with Crippen LogP contribution in [0.1, 0.15) is 10.4 Å². The van der Waals surface area contributed by atoms with Crippen molar-refractivity contribution in [2.24, 2.45) is 0 Å². The van der Waals surface area contributed by atoms with Crippen LogP contribution in [0.25, 0.3) is 0 Å². The number of carbonyl (C=O) groups is 1. The Labute approximate surface area is 125 Å². The van der Waals surface area contributed by atoms with Crippen molar-refractivity contribution in [2.45, 2.75) is 0 Å². The van der Waals surface area contributed by atoms with Crippen molar-refractivity contribution in [2.75, 3.05) is 25.6 Å². The van der Waals surface area contributed by atoms with Crippen molar-refractivity contribution in [1.82, 2.24) is 4.90 Å². The van der Waals surface area contributed by atoms with Crippen LogP contribution in [0.3, 0.4) is 0 Å². The molecule has 0 bridgehead atoms. The van der Waals surface area contributed by atoms with E-state index in [1.54, 1.807) is 18.8 Å². The number of amides is 1. The molecule has 0 aromatic heterocycles. The van der Waals surface area contributed by atoms with Crippen LogP contribution < -0.4 is 0 Å². The third-order valence-electron chi connectivity index (χ3n) is 2.43. The highest BCUT2D eigenvalue weighted by Crippen LogP contribution is 2.33. The largest absolute Gasteiger partial charge is 0.341 e. The third kappa shape index (κ3) is 3.99. The van der Waals surface area contributed by atoms with Gasteiger partial charge in [0.05, 0.1) is 9.95 Å². The SMILES string of the molecule is CSCCN(C)C(=O)c1cc(Cl)c(Cl)c([N+](=O)[O-])c1. The molecule has 5 nitrogen and oxygen atoms in total. The summed E-state index contributed by atoms with van der Waals surface area (Å²) in [5.41, 5.74) is -0.208. The van der Waals surface area contributed by atoms with Crippen molar-refractivity contribution >= 4 is 46.6 Å². The number of benzene rings is 1. The molecule has 0 aliphatic rings. The van der Waals surface area contributed by atoms with Gasteiger partial charge in [-0.05, 0) is 12.3 Å². The Bertz CT molecular complexity index is 511. The highest BCUT2D eigenvalue weighted by molar-refractivity contribution is 7.98. The lowest BCUT2D eigenvalue weighted by molar-refractivity contribution is -0.384. The summed E-state index contributed by atoms with van der Waals surface area (Å²) in [6.07, 6.45) is 1.93. The van der Waals surface area contributed by atoms with Crippen LogP contribution >= 0.6 is 35.0 Å². The molecule has 0 saturated carbocycles. The van der Waals surface area contributed by atoms with Crippen LogP contribution in [-0.4, -0.2) is 41.3 Å². The maximum atomic E-state index is 12.1. The summed E-state index contributed by atoms with van der Waals surface area (Å²) in [5, 5.41) is 10.7. The predicted molar refractivity (Wildman–Crippen MR) is 78.5 cm³/mol. The summed E-state index contributed by atoms with van der Waals surface area (Å²) < 4.78 is 0. The van der Waals surface area contributed by atoms with Gasteiger partial charge in [0.15, 0.2) is 0 Å². The molecule has 0 heterocycles. The molecular weight excluding hydrogens is 311 g/mol. The fraction of sp³-hybridized carbons (Fsp3) is 0.364. The first-order valence-electron chi connectivity index (χ1n) is 5.26. The molecule has 1 rings (SSSR count). The Morgan fingerprint density at radius 2 is 2.11 bits per heavy atom. The van der Waals surface area contributed by atoms with E-state index in [1.807, 2.05) is 6.26 Å². The number of carbonyl (C=O) groups excluding carboxylic acids is 1. The molecule has 0 saturated heterocycles. The first-order valence-corrected chi connectivity index (χ1v) is 7.41. The second-order valence-corrected chi connectivity index (χ2v) is 5.54. The van der Waals surface area contributed by atoms with E-state index in [4.69, 9.17) is 23.2 Å². The minimum Gasteiger partial charge on any atom is -0.341 e. The lowest BCUT2D eigenvalue weighted by atomic mass is 10.2. The molecule has 1 aromatic rings. The van der Waals surface area contributed by atoms with Crippen LogP contribution in [0.4, 0.5) is 5.69 Å². The van der Waals surface area contributed by atoms with E-state index in [0.717, 1.165) is 11.8 Å². The van der Waals surface area contributed by atoms with Crippen molar-refractivity contribution in [3.05, 3.63) is 37.9 Å². The minimum absolute atomic E-state index is 0.00233. The first-order chi connectivity index (χ1) is 8.88. The van der Waals surface area contributed by atoms with Crippen LogP contribution in [0, 0.1) is 10.1 Å². The van der Waals surface area contributed by atoms with E-state index in [9.17, 15) is 14.9 Å². The monoisotopic (exact) mass is 322 g/mol. The summed E-state index contributed by atoms with van der Waals surface area (Å²) in [4.78, 5) is 23.7. The molecule has 8 heteroatoms. The summed E-state index contributed by atoms with van der Waals surface area (Å²) in [6.45, 7) is 0.550. The van der Waals surface area contributed by atoms with Gasteiger partial charge in [-0.1, -0.05) is 23.2 Å². The van der Waals surface area contributed by atoms with Gasteiger partial charge in [0.2, 0.25) is 0 Å². The summed E-state index contributed by atoms with van der Waals surface area (Å²) in [5.74, 6) is 0.460. The second-order valence-electron chi connectivity index (χ2n) is 3.77. The van der Waals surface area contributed by atoms with Crippen LogP contribution in [0.15, 0.2) is 12.1 Å². The fourth-order valence-electron chi connectivity index (χ4n) is 1.38. The number of hydrogen-bond donors (Lipinski definition) is 0. The Kier molecular flexibility index (Phi) is 5.90. The van der Waals surface area contributed by atoms with Gasteiger partial charge >= 0.3 is 0 Å². The topological polar surface area (TPSA) is 63.5 Å². The van der Waals surface area contributed by atoms with Crippen molar-refractivity contribution < 1.29 is 9.72 Å². The minimum atomic E-state index is -0.660. The van der Waals surface area contributed by atoms with E-state index < -0.39 is 4.92 Å². The van der Waals surface area contributed by atoms with Gasteiger partial charge in [-0.15, -0.1) is 0 Å². The molecular formula is C11H12Cl2N2O3S. The molecule has 0 aliphatic heterocycles. The fourth-order valence-corrected chi connectivity index (χ4v) is 2.23. The zero-order chi connectivity index (χ0) is 14.6. The number of nitro groups is 1. The molecule has 0 spiro atoms. The molecule has 1 aromatic carbocycles. The third-order valence-corrected chi connectivity index (χ3v) is 3.81. The van der Waals surface area contributed by atoms with Gasteiger partial charge in [0.25, 0.3) is 11.6 Å². The van der Waals surface area contributed by atoms with E-state index in [-0.39, 0.29) is 27.2 Å². The molecule has 0 aliphatic carbocycles. The molecule has 0 atom stereocenters. The van der Waals surface area contributed by atoms with E-state index in [1.165, 1.54) is 11.0 Å². The molecule has 19 heavy (non-hydrogen) atoms. The van der Waals surface area contributed by atoms with E-state index in [2.05, 4.69) is 0 Å². The Morgan fingerprint density at radius 1 is 1.47 bits per heavy atom. The molecule has 104 valence electrons. The Hall–Kier alpha value is -0.980. The molecule has 0 fully saturated rings. The lowest BCUT2D eigenvalue weighted by Crippen LogP contribution is -2.28. The van der Waals surface area contributed by atoms with Gasteiger partial charge in [-0.25, -0.2) is 0 Å². The Balaban J connectivity index is 3.07. The first kappa shape index (κ1) is 16.1. The molecule has 0 N–H and O–H groups in total. The van der Waals surface area contributed by atoms with Crippen molar-refractivity contribution in [3.63, 3.8) is 0 Å². The summed E-state index contributed by atoms with van der Waals surface area (Å²) >= 11 is 13.1. The van der Waals surface area contributed by atoms with E-state index >= 15 is 0 Å². The number of nitro benzene ring substituents is 1. The van der Waals surface area contributed by atoms with Crippen LogP contribution in [0.5, 0.6) is 0 Å². The summed E-state index contributed by atoms with van der Waals surface area (Å²) in [7, 11) is 1.63. The van der Waals surface area contributed by atoms with Crippen molar-refractivity contribution in [1.29, 1.82) is 0 Å². The van der Waals surface area contributed by atoms with Crippen LogP contribution in [0.2, 0.25) is 10.0 Å². The van der Waals surface area contributed by atoms with Crippen LogP contribution in [-0.2, 0) is 0 Å². The van der Waals surface area contributed by atoms with E-state index in [0.29, 0.717) is 6.54 Å².